The van der Waals surface area contributed by atoms with Crippen molar-refractivity contribution >= 4 is 17.7 Å². The lowest BCUT2D eigenvalue weighted by atomic mass is 10.1. The lowest BCUT2D eigenvalue weighted by Crippen LogP contribution is -2.57. The highest BCUT2D eigenvalue weighted by atomic mass is 16.5. The molecule has 0 spiro atoms. The average molecular weight is 440 g/mol. The Morgan fingerprint density at radius 2 is 1.75 bits per heavy atom. The third-order valence-corrected chi connectivity index (χ3v) is 5.52. The minimum absolute atomic E-state index is 0.0326. The first-order chi connectivity index (χ1) is 15.3. The van der Waals surface area contributed by atoms with Gasteiger partial charge >= 0.3 is 0 Å². The fourth-order valence-electron chi connectivity index (χ4n) is 3.76. The molecule has 1 saturated heterocycles. The van der Waals surface area contributed by atoms with Gasteiger partial charge in [-0.3, -0.25) is 14.4 Å². The Hall–Kier alpha value is -3.55. The Balaban J connectivity index is 1.64. The largest absolute Gasteiger partial charge is 0.493 e. The lowest BCUT2D eigenvalue weighted by Gasteiger charge is -2.40. The molecule has 1 unspecified atom stereocenters. The molecular formula is C24H29N3O5. The molecule has 1 aliphatic heterocycles. The van der Waals surface area contributed by atoms with Crippen LogP contribution in [0.15, 0.2) is 48.5 Å². The molecule has 2 aromatic carbocycles. The van der Waals surface area contributed by atoms with Crippen LogP contribution in [0.1, 0.15) is 34.6 Å². The fraction of sp³-hybridized carbons (Fsp3) is 0.375. The Bertz CT molecular complexity index is 979. The molecule has 2 atom stereocenters. The van der Waals surface area contributed by atoms with E-state index in [-0.39, 0.29) is 23.8 Å². The number of hydrogen-bond donors (Lipinski definition) is 1. The normalized spacial score (nSPS) is 16.8. The fourth-order valence-corrected chi connectivity index (χ4v) is 3.76. The van der Waals surface area contributed by atoms with E-state index in [1.54, 1.807) is 54.1 Å². The second kappa shape index (κ2) is 10.2. The standard InChI is InChI=1S/C24H29N3O5/c1-16-15-26(24(30)18-8-6-5-7-9-18)12-13-27(16)23(29)17(2)32-20-11-10-19(22(28)25-3)14-21(20)31-4/h5-11,14,16-17H,12-13,15H2,1-4H3,(H,25,28)/t16-,17?/m1/s1. The van der Waals surface area contributed by atoms with Crippen LogP contribution >= 0.6 is 0 Å². The second-order valence-corrected chi connectivity index (χ2v) is 7.70. The van der Waals surface area contributed by atoms with Gasteiger partial charge in [-0.05, 0) is 44.2 Å². The molecule has 1 fully saturated rings. The summed E-state index contributed by atoms with van der Waals surface area (Å²) in [4.78, 5) is 41.1. The molecule has 0 aliphatic carbocycles. The van der Waals surface area contributed by atoms with Gasteiger partial charge in [0.05, 0.1) is 7.11 Å². The van der Waals surface area contributed by atoms with Crippen molar-refractivity contribution in [3.63, 3.8) is 0 Å². The van der Waals surface area contributed by atoms with E-state index < -0.39 is 6.10 Å². The minimum Gasteiger partial charge on any atom is -0.493 e. The van der Waals surface area contributed by atoms with Crippen LogP contribution in [0.25, 0.3) is 0 Å². The average Bonchev–Trinajstić information content (AvgIpc) is 2.83. The van der Waals surface area contributed by atoms with E-state index in [9.17, 15) is 14.4 Å². The minimum atomic E-state index is -0.756. The predicted octanol–water partition coefficient (Wildman–Crippen LogP) is 2.20. The summed E-state index contributed by atoms with van der Waals surface area (Å²) in [6, 6.07) is 13.8. The Morgan fingerprint density at radius 1 is 1.03 bits per heavy atom. The van der Waals surface area contributed by atoms with Gasteiger partial charge in [0.2, 0.25) is 0 Å². The maximum atomic E-state index is 13.1. The van der Waals surface area contributed by atoms with Gasteiger partial charge in [-0.2, -0.15) is 0 Å². The van der Waals surface area contributed by atoms with Crippen molar-refractivity contribution in [3.8, 4) is 11.5 Å². The van der Waals surface area contributed by atoms with E-state index in [0.717, 1.165) is 0 Å². The summed E-state index contributed by atoms with van der Waals surface area (Å²) < 4.78 is 11.2. The summed E-state index contributed by atoms with van der Waals surface area (Å²) in [6.45, 7) is 4.95. The molecule has 1 aliphatic rings. The van der Waals surface area contributed by atoms with Crippen molar-refractivity contribution in [1.82, 2.24) is 15.1 Å². The Labute approximate surface area is 188 Å². The van der Waals surface area contributed by atoms with Gasteiger partial charge in [0.25, 0.3) is 17.7 Å². The smallest absolute Gasteiger partial charge is 0.263 e. The molecular weight excluding hydrogens is 410 g/mol. The van der Waals surface area contributed by atoms with Crippen molar-refractivity contribution in [2.75, 3.05) is 33.8 Å². The van der Waals surface area contributed by atoms with Gasteiger partial charge in [0.15, 0.2) is 17.6 Å². The highest BCUT2D eigenvalue weighted by Crippen LogP contribution is 2.29. The van der Waals surface area contributed by atoms with Crippen LogP contribution in [0.2, 0.25) is 0 Å². The number of carbonyl (C=O) groups excluding carboxylic acids is 3. The van der Waals surface area contributed by atoms with E-state index in [4.69, 9.17) is 9.47 Å². The molecule has 32 heavy (non-hydrogen) atoms. The van der Waals surface area contributed by atoms with Gasteiger partial charge in [-0.15, -0.1) is 0 Å². The molecule has 0 bridgehead atoms. The van der Waals surface area contributed by atoms with Crippen molar-refractivity contribution < 1.29 is 23.9 Å². The van der Waals surface area contributed by atoms with E-state index in [2.05, 4.69) is 5.32 Å². The molecule has 1 heterocycles. The number of methoxy groups -OCH3 is 1. The third kappa shape index (κ3) is 5.01. The molecule has 3 rings (SSSR count). The summed E-state index contributed by atoms with van der Waals surface area (Å²) in [5.74, 6) is 0.316. The number of nitrogens with zero attached hydrogens (tertiary/aromatic N) is 2. The number of rotatable bonds is 6. The molecule has 0 saturated carbocycles. The zero-order chi connectivity index (χ0) is 23.3. The van der Waals surface area contributed by atoms with Gasteiger partial charge in [-0.25, -0.2) is 0 Å². The van der Waals surface area contributed by atoms with Crippen molar-refractivity contribution in [1.29, 1.82) is 0 Å². The first kappa shape index (κ1) is 23.1. The van der Waals surface area contributed by atoms with Crippen LogP contribution < -0.4 is 14.8 Å². The number of amides is 3. The Morgan fingerprint density at radius 3 is 2.38 bits per heavy atom. The number of benzene rings is 2. The zero-order valence-corrected chi connectivity index (χ0v) is 18.8. The van der Waals surface area contributed by atoms with Crippen LogP contribution in [0, 0.1) is 0 Å². The van der Waals surface area contributed by atoms with Crippen molar-refractivity contribution in [3.05, 3.63) is 59.7 Å². The molecule has 170 valence electrons. The van der Waals surface area contributed by atoms with Gasteiger partial charge in [0.1, 0.15) is 0 Å². The zero-order valence-electron chi connectivity index (χ0n) is 18.8. The topological polar surface area (TPSA) is 88.2 Å². The van der Waals surface area contributed by atoms with Gasteiger partial charge < -0.3 is 24.6 Å². The molecule has 0 aromatic heterocycles. The molecule has 3 amide bonds. The monoisotopic (exact) mass is 439 g/mol. The molecule has 8 heteroatoms. The van der Waals surface area contributed by atoms with E-state index in [1.807, 2.05) is 25.1 Å². The quantitative estimate of drug-likeness (QED) is 0.746. The first-order valence-corrected chi connectivity index (χ1v) is 10.6. The number of ether oxygens (including phenoxy) is 2. The molecule has 0 radical (unpaired) electrons. The number of piperazine rings is 1. The highest BCUT2D eigenvalue weighted by molar-refractivity contribution is 5.95. The second-order valence-electron chi connectivity index (χ2n) is 7.70. The lowest BCUT2D eigenvalue weighted by molar-refractivity contribution is -0.142. The summed E-state index contributed by atoms with van der Waals surface area (Å²) >= 11 is 0. The van der Waals surface area contributed by atoms with Crippen LogP contribution in [0.5, 0.6) is 11.5 Å². The molecule has 2 aromatic rings. The first-order valence-electron chi connectivity index (χ1n) is 10.6. The van der Waals surface area contributed by atoms with E-state index in [0.29, 0.717) is 42.3 Å². The van der Waals surface area contributed by atoms with Gasteiger partial charge in [0, 0.05) is 43.9 Å². The van der Waals surface area contributed by atoms with E-state index >= 15 is 0 Å². The SMILES string of the molecule is CNC(=O)c1ccc(OC(C)C(=O)N2CCN(C(=O)c3ccccc3)C[C@H]2C)c(OC)c1. The number of carbonyl (C=O) groups is 3. The van der Waals surface area contributed by atoms with Crippen LogP contribution in [-0.4, -0.2) is 73.5 Å². The maximum absolute atomic E-state index is 13.1. The maximum Gasteiger partial charge on any atom is 0.263 e. The summed E-state index contributed by atoms with van der Waals surface area (Å²) in [7, 11) is 3.03. The predicted molar refractivity (Wildman–Crippen MR) is 120 cm³/mol. The summed E-state index contributed by atoms with van der Waals surface area (Å²) in [5, 5.41) is 2.56. The van der Waals surface area contributed by atoms with Gasteiger partial charge in [-0.1, -0.05) is 18.2 Å². The summed E-state index contributed by atoms with van der Waals surface area (Å²) in [5.41, 5.74) is 1.08. The van der Waals surface area contributed by atoms with E-state index in [1.165, 1.54) is 7.11 Å². The summed E-state index contributed by atoms with van der Waals surface area (Å²) in [6.07, 6.45) is -0.756. The van der Waals surface area contributed by atoms with Crippen molar-refractivity contribution in [2.24, 2.45) is 0 Å². The molecule has 1 N–H and O–H groups in total. The van der Waals surface area contributed by atoms with Crippen LogP contribution in [0.3, 0.4) is 0 Å². The van der Waals surface area contributed by atoms with Crippen LogP contribution in [-0.2, 0) is 4.79 Å². The van der Waals surface area contributed by atoms with Crippen LogP contribution in [0.4, 0.5) is 0 Å². The molecule has 8 nitrogen and oxygen atoms in total. The highest BCUT2D eigenvalue weighted by Gasteiger charge is 2.33. The number of nitrogens with one attached hydrogen (secondary N) is 1. The van der Waals surface area contributed by atoms with Crippen molar-refractivity contribution in [2.45, 2.75) is 26.0 Å². The Kier molecular flexibility index (Phi) is 7.35. The third-order valence-electron chi connectivity index (χ3n) is 5.52. The number of hydrogen-bond acceptors (Lipinski definition) is 5.